The molecule has 0 amide bonds. The van der Waals surface area contributed by atoms with Crippen molar-refractivity contribution in [2.24, 2.45) is 0 Å². The topological polar surface area (TPSA) is 39.2 Å². The zero-order valence-electron chi connectivity index (χ0n) is 8.53. The number of rotatable bonds is 3. The van der Waals surface area contributed by atoms with Gasteiger partial charge < -0.3 is 4.18 Å². The molecule has 1 rings (SSSR count). The maximum atomic E-state index is 10.5. The number of hydrogen-bond donors (Lipinski definition) is 0. The van der Waals surface area contributed by atoms with Gasteiger partial charge in [-0.1, -0.05) is 0 Å². The molecule has 76 valence electrons. The van der Waals surface area contributed by atoms with Gasteiger partial charge in [-0.3, -0.25) is 9.78 Å². The predicted octanol–water partition coefficient (Wildman–Crippen LogP) is 2.41. The molecule has 0 N–H and O–H groups in total. The van der Waals surface area contributed by atoms with Gasteiger partial charge in [-0.05, 0) is 31.5 Å². The second kappa shape index (κ2) is 5.00. The van der Waals surface area contributed by atoms with Gasteiger partial charge in [0.2, 0.25) is 0 Å². The van der Waals surface area contributed by atoms with Crippen molar-refractivity contribution in [2.45, 2.75) is 26.5 Å². The van der Waals surface area contributed by atoms with Gasteiger partial charge in [0.25, 0.3) is 0 Å². The average Bonchev–Trinajstić information content (AvgIpc) is 2.01. The molecule has 0 fully saturated rings. The summed E-state index contributed by atoms with van der Waals surface area (Å²) in [4.78, 5) is 14.8. The van der Waals surface area contributed by atoms with Crippen LogP contribution in [-0.2, 0) is 14.7 Å². The molecule has 0 saturated heterocycles. The average molecular weight is 211 g/mol. The molecule has 0 aromatic carbocycles. The van der Waals surface area contributed by atoms with Gasteiger partial charge in [0.1, 0.15) is 0 Å². The molecule has 0 spiro atoms. The summed E-state index contributed by atoms with van der Waals surface area (Å²) in [6.45, 7) is 5.36. The molecule has 0 aliphatic carbocycles. The van der Waals surface area contributed by atoms with Gasteiger partial charge in [0.15, 0.2) is 0 Å². The Morgan fingerprint density at radius 1 is 1.50 bits per heavy atom. The maximum Gasteiger partial charge on any atom is 0.314 e. The van der Waals surface area contributed by atoms with E-state index in [0.29, 0.717) is 5.75 Å². The zero-order valence-corrected chi connectivity index (χ0v) is 9.35. The lowest BCUT2D eigenvalue weighted by Crippen LogP contribution is -1.94. The van der Waals surface area contributed by atoms with Crippen LogP contribution >= 0.6 is 12.0 Å². The van der Waals surface area contributed by atoms with E-state index in [2.05, 4.69) is 4.98 Å². The molecule has 1 aromatic heterocycles. The van der Waals surface area contributed by atoms with E-state index in [4.69, 9.17) is 4.18 Å². The van der Waals surface area contributed by atoms with E-state index in [0.717, 1.165) is 23.4 Å². The van der Waals surface area contributed by atoms with Crippen LogP contribution in [0, 0.1) is 13.8 Å². The van der Waals surface area contributed by atoms with Crippen molar-refractivity contribution in [2.75, 3.05) is 0 Å². The lowest BCUT2D eigenvalue weighted by Gasteiger charge is -2.02. The molecule has 0 aliphatic rings. The molecular weight excluding hydrogens is 198 g/mol. The summed E-state index contributed by atoms with van der Waals surface area (Å²) >= 11 is 1.12. The number of pyridine rings is 1. The standard InChI is InChI=1S/C10H13NO2S/c1-7-4-8(2)11-10(5-7)6-14-13-9(3)12/h4-5H,6H2,1-3H3. The normalized spacial score (nSPS) is 9.93. The van der Waals surface area contributed by atoms with Gasteiger partial charge in [-0.15, -0.1) is 0 Å². The lowest BCUT2D eigenvalue weighted by atomic mass is 10.2. The Kier molecular flexibility index (Phi) is 3.95. The van der Waals surface area contributed by atoms with Gasteiger partial charge in [-0.25, -0.2) is 0 Å². The Balaban J connectivity index is 2.54. The van der Waals surface area contributed by atoms with Crippen LogP contribution in [0.15, 0.2) is 12.1 Å². The van der Waals surface area contributed by atoms with Crippen molar-refractivity contribution in [3.8, 4) is 0 Å². The van der Waals surface area contributed by atoms with E-state index >= 15 is 0 Å². The Labute approximate surface area is 88.1 Å². The first kappa shape index (κ1) is 11.0. The minimum atomic E-state index is -0.278. The summed E-state index contributed by atoms with van der Waals surface area (Å²) < 4.78 is 4.76. The van der Waals surface area contributed by atoms with E-state index < -0.39 is 0 Å². The third kappa shape index (κ3) is 3.79. The molecular formula is C10H13NO2S. The maximum absolute atomic E-state index is 10.5. The SMILES string of the molecule is CC(=O)OSCc1cc(C)cc(C)n1. The summed E-state index contributed by atoms with van der Waals surface area (Å²) in [5.41, 5.74) is 3.10. The summed E-state index contributed by atoms with van der Waals surface area (Å²) in [5.74, 6) is 0.321. The van der Waals surface area contributed by atoms with Crippen LogP contribution < -0.4 is 0 Å². The Bertz CT molecular complexity index is 319. The molecule has 0 radical (unpaired) electrons. The highest BCUT2D eigenvalue weighted by atomic mass is 32.2. The quantitative estimate of drug-likeness (QED) is 0.720. The molecule has 1 aromatic rings. The fourth-order valence-electron chi connectivity index (χ4n) is 1.17. The fourth-order valence-corrected chi connectivity index (χ4v) is 1.67. The molecule has 0 atom stereocenters. The molecule has 0 aliphatic heterocycles. The largest absolute Gasteiger partial charge is 0.391 e. The highest BCUT2D eigenvalue weighted by Crippen LogP contribution is 2.13. The number of aryl methyl sites for hydroxylation is 2. The Hall–Kier alpha value is -1.03. The predicted molar refractivity (Wildman–Crippen MR) is 56.8 cm³/mol. The van der Waals surface area contributed by atoms with Crippen molar-refractivity contribution >= 4 is 18.0 Å². The second-order valence-electron chi connectivity index (χ2n) is 3.11. The summed E-state index contributed by atoms with van der Waals surface area (Å²) in [5, 5.41) is 0. The summed E-state index contributed by atoms with van der Waals surface area (Å²) in [7, 11) is 0. The minimum Gasteiger partial charge on any atom is -0.391 e. The molecule has 0 bridgehead atoms. The number of aromatic nitrogens is 1. The van der Waals surface area contributed by atoms with Crippen LogP contribution in [-0.4, -0.2) is 11.0 Å². The third-order valence-electron chi connectivity index (χ3n) is 1.53. The minimum absolute atomic E-state index is 0.278. The second-order valence-corrected chi connectivity index (χ2v) is 3.81. The van der Waals surface area contributed by atoms with Crippen molar-refractivity contribution in [1.29, 1.82) is 0 Å². The van der Waals surface area contributed by atoms with E-state index in [-0.39, 0.29) is 5.97 Å². The van der Waals surface area contributed by atoms with E-state index in [1.165, 1.54) is 12.5 Å². The molecule has 14 heavy (non-hydrogen) atoms. The summed E-state index contributed by atoms with van der Waals surface area (Å²) in [6, 6.07) is 4.00. The number of hydrogen-bond acceptors (Lipinski definition) is 4. The fraction of sp³-hybridized carbons (Fsp3) is 0.400. The van der Waals surface area contributed by atoms with Crippen LogP contribution in [0.2, 0.25) is 0 Å². The van der Waals surface area contributed by atoms with E-state index in [1.807, 2.05) is 26.0 Å². The van der Waals surface area contributed by atoms with Crippen LogP contribution in [0.25, 0.3) is 0 Å². The first-order valence-corrected chi connectivity index (χ1v) is 5.23. The third-order valence-corrected chi connectivity index (χ3v) is 2.30. The highest BCUT2D eigenvalue weighted by Gasteiger charge is 2.00. The van der Waals surface area contributed by atoms with Crippen molar-refractivity contribution in [3.63, 3.8) is 0 Å². The monoisotopic (exact) mass is 211 g/mol. The van der Waals surface area contributed by atoms with Crippen molar-refractivity contribution < 1.29 is 8.98 Å². The molecule has 0 unspecified atom stereocenters. The van der Waals surface area contributed by atoms with E-state index in [9.17, 15) is 4.79 Å². The first-order valence-electron chi connectivity index (χ1n) is 4.32. The van der Waals surface area contributed by atoms with Crippen molar-refractivity contribution in [1.82, 2.24) is 4.98 Å². The molecule has 1 heterocycles. The van der Waals surface area contributed by atoms with Crippen LogP contribution in [0.4, 0.5) is 0 Å². The highest BCUT2D eigenvalue weighted by molar-refractivity contribution is 7.94. The van der Waals surface area contributed by atoms with Gasteiger partial charge in [0.05, 0.1) is 23.5 Å². The first-order chi connectivity index (χ1) is 6.58. The smallest absolute Gasteiger partial charge is 0.314 e. The number of nitrogens with zero attached hydrogens (tertiary/aromatic N) is 1. The van der Waals surface area contributed by atoms with Crippen LogP contribution in [0.5, 0.6) is 0 Å². The van der Waals surface area contributed by atoms with Crippen molar-refractivity contribution in [3.05, 3.63) is 29.1 Å². The van der Waals surface area contributed by atoms with Crippen LogP contribution in [0.3, 0.4) is 0 Å². The molecule has 4 heteroatoms. The van der Waals surface area contributed by atoms with Gasteiger partial charge >= 0.3 is 5.97 Å². The number of carbonyl (C=O) groups is 1. The lowest BCUT2D eigenvalue weighted by molar-refractivity contribution is -0.130. The molecule has 3 nitrogen and oxygen atoms in total. The van der Waals surface area contributed by atoms with Gasteiger partial charge in [-0.2, -0.15) is 0 Å². The zero-order chi connectivity index (χ0) is 10.6. The Morgan fingerprint density at radius 2 is 2.21 bits per heavy atom. The number of carbonyl (C=O) groups excluding carboxylic acids is 1. The van der Waals surface area contributed by atoms with E-state index in [1.54, 1.807) is 0 Å². The van der Waals surface area contributed by atoms with Crippen LogP contribution in [0.1, 0.15) is 23.9 Å². The Morgan fingerprint density at radius 3 is 2.79 bits per heavy atom. The van der Waals surface area contributed by atoms with Gasteiger partial charge in [0, 0.05) is 12.6 Å². The summed E-state index contributed by atoms with van der Waals surface area (Å²) in [6.07, 6.45) is 0. The molecule has 0 saturated carbocycles.